The molecule has 108 valence electrons. The molecule has 0 aromatic carbocycles. The fourth-order valence-corrected chi connectivity index (χ4v) is 2.83. The van der Waals surface area contributed by atoms with Crippen LogP contribution in [0.5, 0.6) is 0 Å². The first-order chi connectivity index (χ1) is 8.97. The SMILES string of the molecule is CCCC1C(=O)NC(=O)N(C(CC)(CC)CC)C1=O. The lowest BCUT2D eigenvalue weighted by atomic mass is 9.85. The molecule has 0 saturated carbocycles. The second-order valence-corrected chi connectivity index (χ2v) is 5.09. The molecular formula is C14H24N2O3. The maximum Gasteiger partial charge on any atom is 0.331 e. The minimum atomic E-state index is -0.716. The van der Waals surface area contributed by atoms with Crippen molar-refractivity contribution in [3.05, 3.63) is 0 Å². The molecule has 0 aromatic rings. The Bertz CT molecular complexity index is 367. The zero-order valence-corrected chi connectivity index (χ0v) is 12.3. The van der Waals surface area contributed by atoms with Crippen molar-refractivity contribution in [2.24, 2.45) is 5.92 Å². The van der Waals surface area contributed by atoms with Crippen LogP contribution in [0.2, 0.25) is 0 Å². The van der Waals surface area contributed by atoms with E-state index in [9.17, 15) is 14.4 Å². The summed E-state index contributed by atoms with van der Waals surface area (Å²) in [4.78, 5) is 37.6. The van der Waals surface area contributed by atoms with Crippen LogP contribution in [0.15, 0.2) is 0 Å². The minimum Gasteiger partial charge on any atom is -0.277 e. The Morgan fingerprint density at radius 1 is 1.05 bits per heavy atom. The van der Waals surface area contributed by atoms with Gasteiger partial charge in [0.15, 0.2) is 0 Å². The van der Waals surface area contributed by atoms with Gasteiger partial charge >= 0.3 is 6.03 Å². The molecule has 1 rings (SSSR count). The first-order valence-corrected chi connectivity index (χ1v) is 7.16. The maximum absolute atomic E-state index is 12.5. The molecule has 1 aliphatic rings. The average molecular weight is 268 g/mol. The van der Waals surface area contributed by atoms with E-state index in [1.807, 2.05) is 27.7 Å². The Labute approximate surface area is 114 Å². The lowest BCUT2D eigenvalue weighted by molar-refractivity contribution is -0.147. The van der Waals surface area contributed by atoms with Crippen molar-refractivity contribution in [3.8, 4) is 0 Å². The second kappa shape index (κ2) is 6.17. The molecule has 1 heterocycles. The number of carbonyl (C=O) groups excluding carboxylic acids is 3. The first kappa shape index (κ1) is 15.7. The second-order valence-electron chi connectivity index (χ2n) is 5.09. The van der Waals surface area contributed by atoms with Crippen LogP contribution < -0.4 is 5.32 Å². The monoisotopic (exact) mass is 268 g/mol. The van der Waals surface area contributed by atoms with E-state index in [0.29, 0.717) is 25.7 Å². The summed E-state index contributed by atoms with van der Waals surface area (Å²) >= 11 is 0. The first-order valence-electron chi connectivity index (χ1n) is 7.16. The lowest BCUT2D eigenvalue weighted by Gasteiger charge is -2.44. The molecular weight excluding hydrogens is 244 g/mol. The largest absolute Gasteiger partial charge is 0.331 e. The van der Waals surface area contributed by atoms with Gasteiger partial charge in [-0.15, -0.1) is 0 Å². The molecule has 0 bridgehead atoms. The van der Waals surface area contributed by atoms with Crippen molar-refractivity contribution in [2.45, 2.75) is 65.3 Å². The third kappa shape index (κ3) is 2.65. The van der Waals surface area contributed by atoms with Crippen LogP contribution in [0, 0.1) is 5.92 Å². The van der Waals surface area contributed by atoms with Gasteiger partial charge in [0.2, 0.25) is 11.8 Å². The Morgan fingerprint density at radius 2 is 1.58 bits per heavy atom. The molecule has 1 unspecified atom stereocenters. The van der Waals surface area contributed by atoms with E-state index < -0.39 is 23.4 Å². The van der Waals surface area contributed by atoms with Crippen molar-refractivity contribution >= 4 is 17.8 Å². The molecule has 1 aliphatic heterocycles. The number of hydrogen-bond acceptors (Lipinski definition) is 3. The van der Waals surface area contributed by atoms with E-state index in [1.54, 1.807) is 0 Å². The number of urea groups is 1. The van der Waals surface area contributed by atoms with Gasteiger partial charge in [-0.25, -0.2) is 4.79 Å². The smallest absolute Gasteiger partial charge is 0.277 e. The molecule has 1 saturated heterocycles. The molecule has 19 heavy (non-hydrogen) atoms. The Kier molecular flexibility index (Phi) is 5.09. The van der Waals surface area contributed by atoms with Crippen LogP contribution in [0.25, 0.3) is 0 Å². The normalized spacial score (nSPS) is 20.7. The summed E-state index contributed by atoms with van der Waals surface area (Å²) in [7, 11) is 0. The molecule has 0 aromatic heterocycles. The predicted octanol–water partition coefficient (Wildman–Crippen LogP) is 2.45. The number of amides is 4. The van der Waals surface area contributed by atoms with Gasteiger partial charge in [-0.1, -0.05) is 34.1 Å². The fourth-order valence-electron chi connectivity index (χ4n) is 2.83. The Morgan fingerprint density at radius 3 is 2.00 bits per heavy atom. The van der Waals surface area contributed by atoms with Crippen LogP contribution in [-0.2, 0) is 9.59 Å². The van der Waals surface area contributed by atoms with E-state index in [4.69, 9.17) is 0 Å². The highest BCUT2D eigenvalue weighted by Crippen LogP contribution is 2.32. The van der Waals surface area contributed by atoms with Gasteiger partial charge in [0.25, 0.3) is 0 Å². The third-order valence-corrected chi connectivity index (χ3v) is 4.29. The molecule has 1 fully saturated rings. The molecule has 0 spiro atoms. The van der Waals surface area contributed by atoms with Gasteiger partial charge in [0.05, 0.1) is 5.54 Å². The van der Waals surface area contributed by atoms with E-state index in [2.05, 4.69) is 5.32 Å². The number of hydrogen-bond donors (Lipinski definition) is 1. The van der Waals surface area contributed by atoms with Gasteiger partial charge in [0, 0.05) is 0 Å². The zero-order valence-electron chi connectivity index (χ0n) is 12.3. The predicted molar refractivity (Wildman–Crippen MR) is 72.4 cm³/mol. The van der Waals surface area contributed by atoms with Crippen LogP contribution in [0.1, 0.15) is 59.8 Å². The summed E-state index contributed by atoms with van der Waals surface area (Å²) in [5.74, 6) is -1.50. The van der Waals surface area contributed by atoms with Crippen molar-refractivity contribution in [1.82, 2.24) is 10.2 Å². The average Bonchev–Trinajstić information content (AvgIpc) is 2.39. The van der Waals surface area contributed by atoms with Crippen molar-refractivity contribution in [2.75, 3.05) is 0 Å². The van der Waals surface area contributed by atoms with Crippen molar-refractivity contribution in [3.63, 3.8) is 0 Å². The van der Waals surface area contributed by atoms with Crippen LogP contribution in [0.3, 0.4) is 0 Å². The number of carbonyl (C=O) groups is 3. The van der Waals surface area contributed by atoms with Crippen LogP contribution in [0.4, 0.5) is 4.79 Å². The molecule has 1 N–H and O–H groups in total. The molecule has 0 radical (unpaired) electrons. The number of nitrogens with one attached hydrogen (secondary N) is 1. The van der Waals surface area contributed by atoms with Crippen molar-refractivity contribution < 1.29 is 14.4 Å². The van der Waals surface area contributed by atoms with Gasteiger partial charge in [-0.3, -0.25) is 19.8 Å². The number of nitrogens with zero attached hydrogens (tertiary/aromatic N) is 1. The highest BCUT2D eigenvalue weighted by Gasteiger charge is 2.47. The fraction of sp³-hybridized carbons (Fsp3) is 0.786. The summed E-state index contributed by atoms with van der Waals surface area (Å²) in [6.07, 6.45) is 3.33. The number of barbiturate groups is 1. The van der Waals surface area contributed by atoms with Crippen molar-refractivity contribution in [1.29, 1.82) is 0 Å². The molecule has 5 nitrogen and oxygen atoms in total. The van der Waals surface area contributed by atoms with E-state index >= 15 is 0 Å². The van der Waals surface area contributed by atoms with Gasteiger partial charge < -0.3 is 0 Å². The topological polar surface area (TPSA) is 66.5 Å². The zero-order chi connectivity index (χ0) is 14.6. The van der Waals surface area contributed by atoms with Gasteiger partial charge in [0.1, 0.15) is 5.92 Å². The number of rotatable bonds is 6. The number of imide groups is 2. The van der Waals surface area contributed by atoms with Gasteiger partial charge in [-0.2, -0.15) is 0 Å². The summed E-state index contributed by atoms with van der Waals surface area (Å²) < 4.78 is 0. The standard InChI is InChI=1S/C14H24N2O3/c1-5-9-10-11(17)15-13(19)16(12(10)18)14(6-2,7-3)8-4/h10H,5-9H2,1-4H3,(H,15,17,19). The summed E-state index contributed by atoms with van der Waals surface area (Å²) in [5.41, 5.74) is -0.478. The van der Waals surface area contributed by atoms with Crippen LogP contribution in [-0.4, -0.2) is 28.3 Å². The summed E-state index contributed by atoms with van der Waals surface area (Å²) in [6, 6.07) is -0.562. The van der Waals surface area contributed by atoms with Crippen LogP contribution >= 0.6 is 0 Å². The highest BCUT2D eigenvalue weighted by atomic mass is 16.2. The van der Waals surface area contributed by atoms with E-state index in [0.717, 1.165) is 6.42 Å². The van der Waals surface area contributed by atoms with E-state index in [1.165, 1.54) is 4.90 Å². The molecule has 5 heteroatoms. The molecule has 1 atom stereocenters. The quantitative estimate of drug-likeness (QED) is 0.752. The molecule has 0 aliphatic carbocycles. The van der Waals surface area contributed by atoms with E-state index in [-0.39, 0.29) is 5.91 Å². The highest BCUT2D eigenvalue weighted by molar-refractivity contribution is 6.16. The molecule has 4 amide bonds. The maximum atomic E-state index is 12.5. The lowest BCUT2D eigenvalue weighted by Crippen LogP contribution is -2.65. The third-order valence-electron chi connectivity index (χ3n) is 4.29. The Balaban J connectivity index is 3.14. The Hall–Kier alpha value is -1.39. The minimum absolute atomic E-state index is 0.332. The summed E-state index contributed by atoms with van der Waals surface area (Å²) in [5, 5.41) is 2.33. The van der Waals surface area contributed by atoms with Gasteiger partial charge in [-0.05, 0) is 25.7 Å². The summed E-state index contributed by atoms with van der Waals surface area (Å²) in [6.45, 7) is 7.84.